The average molecular weight is 522 g/mol. The molecule has 0 radical (unpaired) electrons. The van der Waals surface area contributed by atoms with Gasteiger partial charge in [0.05, 0.1) is 17.5 Å². The minimum atomic E-state index is -0.731. The molecule has 1 heterocycles. The van der Waals surface area contributed by atoms with Crippen molar-refractivity contribution >= 4 is 29.5 Å². The maximum absolute atomic E-state index is 13.7. The Morgan fingerprint density at radius 1 is 1.00 bits per heavy atom. The van der Waals surface area contributed by atoms with Crippen LogP contribution < -0.4 is 15.9 Å². The second kappa shape index (κ2) is 15.1. The standard InChI is InChI=1S/C30H39N3O5/c1-22(2)21-27(29(35)31-33(23(3)34)25-16-8-5-9-17-25)26(18-12-15-24-13-6-4-7-14-24)30(36)32-38-28-19-10-11-20-37-28/h4-9,12-17,22,26-28H,10-11,18-21H2,1-3H3,(H,31,35)(H,32,36)/t26-,27+,28?/m0/s1. The van der Waals surface area contributed by atoms with Gasteiger partial charge in [-0.1, -0.05) is 74.5 Å². The fraction of sp³-hybridized carbons (Fsp3) is 0.433. The van der Waals surface area contributed by atoms with Gasteiger partial charge in [-0.3, -0.25) is 19.8 Å². The van der Waals surface area contributed by atoms with Crippen LogP contribution in [0, 0.1) is 17.8 Å². The van der Waals surface area contributed by atoms with E-state index in [0.29, 0.717) is 31.6 Å². The van der Waals surface area contributed by atoms with Crippen molar-refractivity contribution in [3.8, 4) is 0 Å². The van der Waals surface area contributed by atoms with E-state index in [1.807, 2.05) is 62.4 Å². The molecule has 38 heavy (non-hydrogen) atoms. The molecule has 8 nitrogen and oxygen atoms in total. The molecule has 1 aliphatic heterocycles. The molecular weight excluding hydrogens is 482 g/mol. The summed E-state index contributed by atoms with van der Waals surface area (Å²) < 4.78 is 5.57. The highest BCUT2D eigenvalue weighted by Crippen LogP contribution is 2.26. The van der Waals surface area contributed by atoms with Crippen molar-refractivity contribution in [1.29, 1.82) is 0 Å². The number of hydrogen-bond acceptors (Lipinski definition) is 5. The zero-order valence-electron chi connectivity index (χ0n) is 22.5. The van der Waals surface area contributed by atoms with Crippen LogP contribution in [0.15, 0.2) is 66.7 Å². The number of nitrogens with zero attached hydrogens (tertiary/aromatic N) is 1. The predicted octanol–water partition coefficient (Wildman–Crippen LogP) is 5.03. The molecule has 0 saturated carbocycles. The summed E-state index contributed by atoms with van der Waals surface area (Å²) in [6.07, 6.45) is 6.71. The summed E-state index contributed by atoms with van der Waals surface area (Å²) >= 11 is 0. The number of ether oxygens (including phenoxy) is 1. The predicted molar refractivity (Wildman–Crippen MR) is 147 cm³/mol. The number of rotatable bonds is 11. The fourth-order valence-electron chi connectivity index (χ4n) is 4.43. The summed E-state index contributed by atoms with van der Waals surface area (Å²) in [6.45, 7) is 5.97. The Morgan fingerprint density at radius 3 is 2.29 bits per heavy atom. The van der Waals surface area contributed by atoms with E-state index >= 15 is 0 Å². The number of nitrogens with one attached hydrogen (secondary N) is 2. The van der Waals surface area contributed by atoms with Crippen LogP contribution in [0.5, 0.6) is 0 Å². The molecule has 3 atom stereocenters. The number of hydrogen-bond donors (Lipinski definition) is 2. The van der Waals surface area contributed by atoms with E-state index in [0.717, 1.165) is 18.4 Å². The van der Waals surface area contributed by atoms with Gasteiger partial charge in [0.15, 0.2) is 6.29 Å². The number of carbonyl (C=O) groups is 3. The zero-order valence-corrected chi connectivity index (χ0v) is 22.5. The molecule has 2 N–H and O–H groups in total. The van der Waals surface area contributed by atoms with Crippen LogP contribution in [-0.4, -0.2) is 30.6 Å². The number of anilines is 1. The highest BCUT2D eigenvalue weighted by atomic mass is 16.8. The summed E-state index contributed by atoms with van der Waals surface area (Å²) in [4.78, 5) is 45.1. The van der Waals surface area contributed by atoms with E-state index in [2.05, 4.69) is 10.9 Å². The van der Waals surface area contributed by atoms with Gasteiger partial charge in [-0.15, -0.1) is 0 Å². The SMILES string of the molecule is CC(=O)N(NC(=O)[C@H](CC(C)C)[C@H](CC=Cc1ccccc1)C(=O)NOC1CCCCO1)c1ccccc1. The Morgan fingerprint density at radius 2 is 1.68 bits per heavy atom. The molecule has 1 fully saturated rings. The lowest BCUT2D eigenvalue weighted by atomic mass is 9.82. The van der Waals surface area contributed by atoms with Gasteiger partial charge >= 0.3 is 0 Å². The van der Waals surface area contributed by atoms with Crippen molar-refractivity contribution in [3.63, 3.8) is 0 Å². The number of hydroxylamine groups is 1. The summed E-state index contributed by atoms with van der Waals surface area (Å²) in [7, 11) is 0. The van der Waals surface area contributed by atoms with Gasteiger partial charge in [0.25, 0.3) is 0 Å². The second-order valence-electron chi connectivity index (χ2n) is 9.94. The lowest BCUT2D eigenvalue weighted by Gasteiger charge is -2.30. The maximum atomic E-state index is 13.7. The monoisotopic (exact) mass is 521 g/mol. The van der Waals surface area contributed by atoms with Crippen molar-refractivity contribution in [3.05, 3.63) is 72.3 Å². The van der Waals surface area contributed by atoms with Crippen LogP contribution in [0.2, 0.25) is 0 Å². The number of amides is 3. The van der Waals surface area contributed by atoms with Crippen LogP contribution in [-0.2, 0) is 24.0 Å². The summed E-state index contributed by atoms with van der Waals surface area (Å²) in [5, 5.41) is 1.22. The Kier molecular flexibility index (Phi) is 11.5. The van der Waals surface area contributed by atoms with Gasteiger partial charge in [-0.25, -0.2) is 15.3 Å². The van der Waals surface area contributed by atoms with E-state index in [9.17, 15) is 14.4 Å². The molecule has 3 amide bonds. The number of carbonyl (C=O) groups excluding carboxylic acids is 3. The Hall–Kier alpha value is -3.49. The van der Waals surface area contributed by atoms with Crippen molar-refractivity contribution in [2.75, 3.05) is 11.6 Å². The van der Waals surface area contributed by atoms with Gasteiger partial charge in [0.1, 0.15) is 0 Å². The molecule has 0 spiro atoms. The molecule has 0 aliphatic carbocycles. The van der Waals surface area contributed by atoms with Crippen LogP contribution in [0.1, 0.15) is 58.4 Å². The lowest BCUT2D eigenvalue weighted by Crippen LogP contribution is -2.51. The minimum Gasteiger partial charge on any atom is -0.350 e. The summed E-state index contributed by atoms with van der Waals surface area (Å²) in [6, 6.07) is 18.7. The van der Waals surface area contributed by atoms with E-state index in [1.54, 1.807) is 24.3 Å². The van der Waals surface area contributed by atoms with Gasteiger partial charge in [0.2, 0.25) is 17.7 Å². The first kappa shape index (κ1) is 29.1. The normalized spacial score (nSPS) is 17.1. The smallest absolute Gasteiger partial charge is 0.247 e. The quantitative estimate of drug-likeness (QED) is 0.405. The second-order valence-corrected chi connectivity index (χ2v) is 9.94. The molecule has 0 bridgehead atoms. The van der Waals surface area contributed by atoms with Crippen molar-refractivity contribution in [2.45, 2.75) is 59.2 Å². The fourth-order valence-corrected chi connectivity index (χ4v) is 4.43. The first-order chi connectivity index (χ1) is 18.3. The Balaban J connectivity index is 1.82. The molecule has 0 aromatic heterocycles. The van der Waals surface area contributed by atoms with Gasteiger partial charge in [0, 0.05) is 20.0 Å². The first-order valence-electron chi connectivity index (χ1n) is 13.3. The first-order valence-corrected chi connectivity index (χ1v) is 13.3. The largest absolute Gasteiger partial charge is 0.350 e. The van der Waals surface area contributed by atoms with Crippen LogP contribution in [0.25, 0.3) is 6.08 Å². The molecule has 1 aliphatic rings. The molecule has 2 aromatic rings. The highest BCUT2D eigenvalue weighted by Gasteiger charge is 2.35. The molecule has 3 rings (SSSR count). The summed E-state index contributed by atoms with van der Waals surface area (Å²) in [5.74, 6) is -2.45. The molecule has 2 aromatic carbocycles. The lowest BCUT2D eigenvalue weighted by molar-refractivity contribution is -0.203. The van der Waals surface area contributed by atoms with Gasteiger partial charge in [-0.05, 0) is 49.3 Å². The van der Waals surface area contributed by atoms with E-state index in [-0.39, 0.29) is 11.8 Å². The van der Waals surface area contributed by atoms with Crippen LogP contribution in [0.3, 0.4) is 0 Å². The van der Waals surface area contributed by atoms with Crippen molar-refractivity contribution in [1.82, 2.24) is 10.9 Å². The van der Waals surface area contributed by atoms with E-state index < -0.39 is 29.9 Å². The molecule has 1 saturated heterocycles. The third-order valence-electron chi connectivity index (χ3n) is 6.36. The zero-order chi connectivity index (χ0) is 27.3. The minimum absolute atomic E-state index is 0.129. The number of hydrazine groups is 1. The topological polar surface area (TPSA) is 97.0 Å². The van der Waals surface area contributed by atoms with Gasteiger partial charge < -0.3 is 4.74 Å². The molecule has 204 valence electrons. The van der Waals surface area contributed by atoms with Gasteiger partial charge in [-0.2, -0.15) is 0 Å². The van der Waals surface area contributed by atoms with E-state index in [4.69, 9.17) is 9.57 Å². The highest BCUT2D eigenvalue weighted by molar-refractivity contribution is 5.96. The van der Waals surface area contributed by atoms with Crippen LogP contribution >= 0.6 is 0 Å². The third kappa shape index (κ3) is 9.11. The van der Waals surface area contributed by atoms with Crippen LogP contribution in [0.4, 0.5) is 5.69 Å². The third-order valence-corrected chi connectivity index (χ3v) is 6.36. The maximum Gasteiger partial charge on any atom is 0.247 e. The Bertz CT molecular complexity index is 1050. The van der Waals surface area contributed by atoms with Crippen molar-refractivity contribution < 1.29 is 24.0 Å². The Labute approximate surface area is 225 Å². The number of para-hydroxylation sites is 1. The molecule has 8 heteroatoms. The molecule has 1 unspecified atom stereocenters. The summed E-state index contributed by atoms with van der Waals surface area (Å²) in [5.41, 5.74) is 6.86. The molecular formula is C30H39N3O5. The van der Waals surface area contributed by atoms with Crippen molar-refractivity contribution in [2.24, 2.45) is 17.8 Å². The number of benzene rings is 2. The van der Waals surface area contributed by atoms with E-state index in [1.165, 1.54) is 11.9 Å². The average Bonchev–Trinajstić information content (AvgIpc) is 2.93. The number of allylic oxidation sites excluding steroid dienone is 1.